The van der Waals surface area contributed by atoms with Crippen molar-refractivity contribution in [1.82, 2.24) is 9.55 Å². The van der Waals surface area contributed by atoms with Crippen LogP contribution in [0.1, 0.15) is 24.1 Å². The molecule has 0 aromatic carbocycles. The molecule has 0 aliphatic heterocycles. The first-order chi connectivity index (χ1) is 7.77. The Morgan fingerprint density at radius 2 is 2.31 bits per heavy atom. The first kappa shape index (κ1) is 11.7. The molecule has 1 heterocycles. The molecule has 5 heteroatoms. The zero-order valence-electron chi connectivity index (χ0n) is 9.40. The van der Waals surface area contributed by atoms with E-state index in [1.54, 1.807) is 16.3 Å². The van der Waals surface area contributed by atoms with Crippen LogP contribution in [0.5, 0.6) is 0 Å². The van der Waals surface area contributed by atoms with Crippen molar-refractivity contribution >= 4 is 11.8 Å². The van der Waals surface area contributed by atoms with Crippen molar-refractivity contribution in [2.24, 2.45) is 0 Å². The van der Waals surface area contributed by atoms with Crippen LogP contribution in [0, 0.1) is 0 Å². The van der Waals surface area contributed by atoms with Gasteiger partial charge in [-0.25, -0.2) is 4.79 Å². The fourth-order valence-corrected chi connectivity index (χ4v) is 2.85. The maximum atomic E-state index is 11.8. The van der Waals surface area contributed by atoms with Gasteiger partial charge in [0.05, 0.1) is 0 Å². The minimum atomic E-state index is -0.168. The van der Waals surface area contributed by atoms with Crippen molar-refractivity contribution in [1.29, 1.82) is 0 Å². The second-order valence-corrected chi connectivity index (χ2v) is 4.71. The van der Waals surface area contributed by atoms with Crippen molar-refractivity contribution in [3.05, 3.63) is 21.7 Å². The molecular weight excluding hydrogens is 224 g/mol. The minimum Gasteiger partial charge on any atom is -0.396 e. The monoisotopic (exact) mass is 240 g/mol. The van der Waals surface area contributed by atoms with Gasteiger partial charge in [0, 0.05) is 24.4 Å². The van der Waals surface area contributed by atoms with Gasteiger partial charge in [-0.1, -0.05) is 0 Å². The molecule has 16 heavy (non-hydrogen) atoms. The van der Waals surface area contributed by atoms with E-state index in [0.717, 1.165) is 30.0 Å². The molecule has 0 spiro atoms. The number of fused-ring (bicyclic) bond motifs is 1. The van der Waals surface area contributed by atoms with E-state index in [9.17, 15) is 4.79 Å². The summed E-state index contributed by atoms with van der Waals surface area (Å²) in [7, 11) is 0. The lowest BCUT2D eigenvalue weighted by Gasteiger charge is -2.12. The summed E-state index contributed by atoms with van der Waals surface area (Å²) in [6.45, 7) is 0.699. The Labute approximate surface area is 98.7 Å². The highest BCUT2D eigenvalue weighted by Gasteiger charge is 2.20. The summed E-state index contributed by atoms with van der Waals surface area (Å²) in [5.74, 6) is 0. The third-order valence-corrected chi connectivity index (χ3v) is 3.66. The smallest absolute Gasteiger partial charge is 0.348 e. The lowest BCUT2D eigenvalue weighted by atomic mass is 10.2. The highest BCUT2D eigenvalue weighted by atomic mass is 32.2. The van der Waals surface area contributed by atoms with E-state index in [0.29, 0.717) is 13.0 Å². The summed E-state index contributed by atoms with van der Waals surface area (Å²) in [4.78, 5) is 15.9. The second kappa shape index (κ2) is 5.01. The van der Waals surface area contributed by atoms with Gasteiger partial charge in [0.25, 0.3) is 0 Å². The Balaban J connectivity index is 2.45. The molecule has 0 saturated heterocycles. The van der Waals surface area contributed by atoms with Crippen molar-refractivity contribution in [3.8, 4) is 0 Å². The molecule has 0 saturated carbocycles. The molecule has 1 N–H and O–H groups in total. The van der Waals surface area contributed by atoms with Crippen LogP contribution in [0.3, 0.4) is 0 Å². The molecule has 1 aromatic rings. The molecule has 2 rings (SSSR count). The van der Waals surface area contributed by atoms with Gasteiger partial charge in [0.2, 0.25) is 0 Å². The lowest BCUT2D eigenvalue weighted by Crippen LogP contribution is -2.27. The van der Waals surface area contributed by atoms with Crippen LogP contribution < -0.4 is 5.69 Å². The molecule has 88 valence electrons. The molecule has 1 aliphatic rings. The predicted molar refractivity (Wildman–Crippen MR) is 64.0 cm³/mol. The van der Waals surface area contributed by atoms with Gasteiger partial charge in [-0.05, 0) is 31.9 Å². The Morgan fingerprint density at radius 1 is 1.50 bits per heavy atom. The number of aliphatic hydroxyl groups is 1. The third kappa shape index (κ3) is 2.01. The van der Waals surface area contributed by atoms with Gasteiger partial charge in [-0.2, -0.15) is 4.98 Å². The highest BCUT2D eigenvalue weighted by molar-refractivity contribution is 7.98. The summed E-state index contributed by atoms with van der Waals surface area (Å²) in [6, 6.07) is 0. The Bertz CT molecular complexity index is 442. The summed E-state index contributed by atoms with van der Waals surface area (Å²) in [6.07, 6.45) is 5.67. The number of aromatic nitrogens is 2. The highest BCUT2D eigenvalue weighted by Crippen LogP contribution is 2.27. The average Bonchev–Trinajstić information content (AvgIpc) is 2.76. The van der Waals surface area contributed by atoms with E-state index >= 15 is 0 Å². The Morgan fingerprint density at radius 3 is 3.00 bits per heavy atom. The molecular formula is C11H16N2O2S. The van der Waals surface area contributed by atoms with Crippen LogP contribution in [-0.2, 0) is 19.4 Å². The third-order valence-electron chi connectivity index (χ3n) is 2.93. The molecule has 0 unspecified atom stereocenters. The molecule has 0 fully saturated rings. The van der Waals surface area contributed by atoms with Gasteiger partial charge in [0.15, 0.2) is 0 Å². The van der Waals surface area contributed by atoms with E-state index in [-0.39, 0.29) is 12.3 Å². The minimum absolute atomic E-state index is 0.117. The van der Waals surface area contributed by atoms with E-state index in [4.69, 9.17) is 5.11 Å². The maximum absolute atomic E-state index is 11.8. The first-order valence-corrected chi connectivity index (χ1v) is 6.78. The fraction of sp³-hybridized carbons (Fsp3) is 0.636. The van der Waals surface area contributed by atoms with Crippen LogP contribution in [-0.4, -0.2) is 27.5 Å². The Hall–Kier alpha value is -0.810. The van der Waals surface area contributed by atoms with Gasteiger partial charge < -0.3 is 5.11 Å². The topological polar surface area (TPSA) is 55.1 Å². The van der Waals surface area contributed by atoms with Crippen LogP contribution in [0.4, 0.5) is 0 Å². The van der Waals surface area contributed by atoms with Crippen LogP contribution >= 0.6 is 11.8 Å². The standard InChI is InChI=1S/C11H16N2O2S/c1-16-10-8-4-2-5-9(8)13(6-3-7-14)11(15)12-10/h14H,2-7H2,1H3. The first-order valence-electron chi connectivity index (χ1n) is 5.55. The molecule has 4 nitrogen and oxygen atoms in total. The largest absolute Gasteiger partial charge is 0.396 e. The molecule has 1 aromatic heterocycles. The molecule has 0 radical (unpaired) electrons. The number of nitrogens with zero attached hydrogens (tertiary/aromatic N) is 2. The van der Waals surface area contributed by atoms with E-state index < -0.39 is 0 Å². The van der Waals surface area contributed by atoms with Crippen molar-refractivity contribution in [2.75, 3.05) is 12.9 Å². The molecule has 1 aliphatic carbocycles. The zero-order chi connectivity index (χ0) is 11.5. The summed E-state index contributed by atoms with van der Waals surface area (Å²) < 4.78 is 1.73. The van der Waals surface area contributed by atoms with E-state index in [1.165, 1.54) is 5.56 Å². The van der Waals surface area contributed by atoms with Crippen molar-refractivity contribution < 1.29 is 5.11 Å². The summed E-state index contributed by atoms with van der Waals surface area (Å²) in [5, 5.41) is 9.71. The number of hydrogen-bond donors (Lipinski definition) is 1. The van der Waals surface area contributed by atoms with E-state index in [2.05, 4.69) is 4.98 Å². The van der Waals surface area contributed by atoms with Gasteiger partial charge in [-0.15, -0.1) is 11.8 Å². The molecule has 0 atom stereocenters. The second-order valence-electron chi connectivity index (χ2n) is 3.91. The SMILES string of the molecule is CSc1nc(=O)n(CCCO)c2c1CCC2. The Kier molecular flexibility index (Phi) is 3.66. The van der Waals surface area contributed by atoms with Crippen molar-refractivity contribution in [3.63, 3.8) is 0 Å². The van der Waals surface area contributed by atoms with Gasteiger partial charge in [-0.3, -0.25) is 4.57 Å². The maximum Gasteiger partial charge on any atom is 0.348 e. The van der Waals surface area contributed by atoms with E-state index in [1.807, 2.05) is 6.26 Å². The van der Waals surface area contributed by atoms with Gasteiger partial charge >= 0.3 is 5.69 Å². The quantitative estimate of drug-likeness (QED) is 0.626. The van der Waals surface area contributed by atoms with Crippen molar-refractivity contribution in [2.45, 2.75) is 37.3 Å². The fourth-order valence-electron chi connectivity index (χ4n) is 2.21. The number of hydrogen-bond acceptors (Lipinski definition) is 4. The number of thioether (sulfide) groups is 1. The normalized spacial score (nSPS) is 14.1. The summed E-state index contributed by atoms with van der Waals surface area (Å²) >= 11 is 1.55. The van der Waals surface area contributed by atoms with Crippen LogP contribution in [0.15, 0.2) is 9.82 Å². The molecule has 0 bridgehead atoms. The number of aliphatic hydroxyl groups excluding tert-OH is 1. The molecule has 0 amide bonds. The number of rotatable bonds is 4. The predicted octanol–water partition coefficient (Wildman–Crippen LogP) is 0.836. The summed E-state index contributed by atoms with van der Waals surface area (Å²) in [5.41, 5.74) is 2.21. The average molecular weight is 240 g/mol. The van der Waals surface area contributed by atoms with Gasteiger partial charge in [0.1, 0.15) is 5.03 Å². The van der Waals surface area contributed by atoms with Crippen LogP contribution in [0.2, 0.25) is 0 Å². The zero-order valence-corrected chi connectivity index (χ0v) is 10.2. The van der Waals surface area contributed by atoms with Crippen LogP contribution in [0.25, 0.3) is 0 Å². The lowest BCUT2D eigenvalue weighted by molar-refractivity contribution is 0.277.